The number of nitrogens with zero attached hydrogens (tertiary/aromatic N) is 2. The molecule has 30 heavy (non-hydrogen) atoms. The van der Waals surface area contributed by atoms with Crippen LogP contribution in [0.5, 0.6) is 5.75 Å². The molecule has 2 aromatic rings. The first kappa shape index (κ1) is 20.4. The molecular weight excluding hydrogens is 384 g/mol. The average Bonchev–Trinajstić information content (AvgIpc) is 3.37. The van der Waals surface area contributed by atoms with E-state index in [4.69, 9.17) is 14.6 Å². The van der Waals surface area contributed by atoms with Crippen molar-refractivity contribution in [3.8, 4) is 16.9 Å². The van der Waals surface area contributed by atoms with E-state index in [-0.39, 0.29) is 18.4 Å². The fourth-order valence-electron chi connectivity index (χ4n) is 4.58. The molecule has 1 amide bonds. The van der Waals surface area contributed by atoms with E-state index < -0.39 is 6.10 Å². The zero-order chi connectivity index (χ0) is 21.3. The van der Waals surface area contributed by atoms with E-state index in [1.807, 2.05) is 37.4 Å². The number of carbonyl (C=O) groups excluding carboxylic acids is 1. The van der Waals surface area contributed by atoms with Crippen LogP contribution < -0.4 is 4.74 Å². The number of rotatable bonds is 2. The maximum atomic E-state index is 12.1. The van der Waals surface area contributed by atoms with Gasteiger partial charge in [-0.05, 0) is 60.8 Å². The Hall–Kier alpha value is -2.90. The topological polar surface area (TPSA) is 90.3 Å². The number of ether oxygens (including phenoxy) is 1. The van der Waals surface area contributed by atoms with Crippen LogP contribution in [0.25, 0.3) is 11.1 Å². The Balaban J connectivity index is 0.000000687. The van der Waals surface area contributed by atoms with Crippen molar-refractivity contribution in [2.45, 2.75) is 31.5 Å². The van der Waals surface area contributed by atoms with E-state index in [1.165, 1.54) is 12.8 Å². The summed E-state index contributed by atoms with van der Waals surface area (Å²) in [5, 5.41) is 17.8. The van der Waals surface area contributed by atoms with Gasteiger partial charge in [0.2, 0.25) is 0 Å². The Morgan fingerprint density at radius 3 is 2.50 bits per heavy atom. The second kappa shape index (κ2) is 8.45. The van der Waals surface area contributed by atoms with Crippen LogP contribution in [0.1, 0.15) is 40.4 Å². The van der Waals surface area contributed by atoms with Crippen LogP contribution in [0.2, 0.25) is 0 Å². The molecule has 0 radical (unpaired) electrons. The third kappa shape index (κ3) is 3.66. The molecule has 2 aromatic carbocycles. The Labute approximate surface area is 175 Å². The minimum absolute atomic E-state index is 0.0485. The van der Waals surface area contributed by atoms with Gasteiger partial charge in [0.25, 0.3) is 12.4 Å². The second-order valence-electron chi connectivity index (χ2n) is 7.96. The number of carbonyl (C=O) groups is 2. The summed E-state index contributed by atoms with van der Waals surface area (Å²) in [6.07, 6.45) is 1.89. The molecule has 0 spiro atoms. The summed E-state index contributed by atoms with van der Waals surface area (Å²) < 4.78 is 6.04. The van der Waals surface area contributed by atoms with E-state index in [9.17, 15) is 9.90 Å². The summed E-state index contributed by atoms with van der Waals surface area (Å²) in [7, 11) is 1.83. The number of fused-ring (bicyclic) bond motifs is 2. The summed E-state index contributed by atoms with van der Waals surface area (Å²) in [6, 6.07) is 12.1. The van der Waals surface area contributed by atoms with E-state index in [2.05, 4.69) is 11.0 Å². The zero-order valence-electron chi connectivity index (χ0n) is 17.0. The first-order valence-corrected chi connectivity index (χ1v) is 10.2. The maximum absolute atomic E-state index is 12.1. The highest BCUT2D eigenvalue weighted by molar-refractivity contribution is 5.98. The Morgan fingerprint density at radius 2 is 1.77 bits per heavy atom. The van der Waals surface area contributed by atoms with Gasteiger partial charge in [0.15, 0.2) is 0 Å². The highest BCUT2D eigenvalue weighted by Crippen LogP contribution is 2.38. The summed E-state index contributed by atoms with van der Waals surface area (Å²) in [5.74, 6) is 0.852. The lowest BCUT2D eigenvalue weighted by Gasteiger charge is -2.36. The van der Waals surface area contributed by atoms with Gasteiger partial charge in [-0.15, -0.1) is 0 Å². The monoisotopic (exact) mass is 410 g/mol. The minimum atomic E-state index is -0.507. The zero-order valence-corrected chi connectivity index (χ0v) is 17.0. The number of benzene rings is 2. The number of carboxylic acid groups (broad SMARTS) is 1. The third-order valence-electron chi connectivity index (χ3n) is 6.14. The largest absolute Gasteiger partial charge is 0.491 e. The van der Waals surface area contributed by atoms with E-state index in [0.29, 0.717) is 13.2 Å². The number of amides is 1. The summed E-state index contributed by atoms with van der Waals surface area (Å²) in [5.41, 5.74) is 4.84. The number of hydrogen-bond acceptors (Lipinski definition) is 5. The molecule has 3 aliphatic rings. The standard InChI is InChI=1S/C22H24N2O3.CH2O2/c1-23-12-16-10-14(4-6-17(16)22(23)26)15-5-7-18-20(11-15)27-13-19(21(18)25)24-8-2-3-9-24;2-1-3/h4-7,10-11,19,21,25H,2-3,8-9,12-13H2,1H3;1H,(H,2,3)/t19-,21-;/m1./s1. The molecular formula is C23H26N2O5. The Kier molecular flexibility index (Phi) is 5.74. The van der Waals surface area contributed by atoms with Crippen molar-refractivity contribution < 1.29 is 24.5 Å². The van der Waals surface area contributed by atoms with Crippen molar-refractivity contribution in [1.29, 1.82) is 0 Å². The predicted octanol–water partition coefficient (Wildman–Crippen LogP) is 2.53. The summed E-state index contributed by atoms with van der Waals surface area (Å²) in [4.78, 5) is 24.5. The molecule has 1 saturated heterocycles. The number of hydrogen-bond donors (Lipinski definition) is 2. The molecule has 0 saturated carbocycles. The molecule has 1 fully saturated rings. The molecule has 2 atom stereocenters. The lowest BCUT2D eigenvalue weighted by Crippen LogP contribution is -2.44. The molecule has 7 nitrogen and oxygen atoms in total. The van der Waals surface area contributed by atoms with E-state index in [1.54, 1.807) is 4.90 Å². The first-order valence-electron chi connectivity index (χ1n) is 10.2. The summed E-state index contributed by atoms with van der Waals surface area (Å²) >= 11 is 0. The lowest BCUT2D eigenvalue weighted by molar-refractivity contribution is -0.122. The average molecular weight is 410 g/mol. The van der Waals surface area contributed by atoms with Crippen molar-refractivity contribution in [2.24, 2.45) is 0 Å². The molecule has 0 aromatic heterocycles. The van der Waals surface area contributed by atoms with Crippen LogP contribution in [0.15, 0.2) is 36.4 Å². The molecule has 2 N–H and O–H groups in total. The molecule has 5 rings (SSSR count). The number of likely N-dealkylation sites (tertiary alicyclic amines) is 1. The van der Waals surface area contributed by atoms with Crippen LogP contribution in [-0.4, -0.2) is 65.2 Å². The van der Waals surface area contributed by atoms with Crippen molar-refractivity contribution in [2.75, 3.05) is 26.7 Å². The molecule has 3 heterocycles. The quantitative estimate of drug-likeness (QED) is 0.740. The third-order valence-corrected chi connectivity index (χ3v) is 6.14. The lowest BCUT2D eigenvalue weighted by atomic mass is 9.94. The van der Waals surface area contributed by atoms with Crippen LogP contribution in [0.4, 0.5) is 0 Å². The molecule has 7 heteroatoms. The fraction of sp³-hybridized carbons (Fsp3) is 0.391. The predicted molar refractivity (Wildman–Crippen MR) is 111 cm³/mol. The minimum Gasteiger partial charge on any atom is -0.491 e. The number of aliphatic hydroxyl groups is 1. The van der Waals surface area contributed by atoms with Gasteiger partial charge < -0.3 is 19.8 Å². The molecule has 3 aliphatic heterocycles. The summed E-state index contributed by atoms with van der Waals surface area (Å²) in [6.45, 7) is 3.02. The van der Waals surface area contributed by atoms with Gasteiger partial charge in [-0.2, -0.15) is 0 Å². The molecule has 158 valence electrons. The molecule has 0 aliphatic carbocycles. The normalized spacial score (nSPS) is 22.6. The van der Waals surface area contributed by atoms with Gasteiger partial charge in [-0.1, -0.05) is 18.2 Å². The van der Waals surface area contributed by atoms with Gasteiger partial charge in [0.1, 0.15) is 18.5 Å². The van der Waals surface area contributed by atoms with Crippen LogP contribution in [0.3, 0.4) is 0 Å². The Bertz CT molecular complexity index is 955. The van der Waals surface area contributed by atoms with Crippen molar-refractivity contribution >= 4 is 12.4 Å². The van der Waals surface area contributed by atoms with Gasteiger partial charge in [0.05, 0.1) is 6.04 Å². The number of aliphatic hydroxyl groups excluding tert-OH is 1. The maximum Gasteiger partial charge on any atom is 0.290 e. The SMILES string of the molecule is CN1Cc2cc(-c3ccc4c(c3)OC[C@@H](N3CCCC3)[C@@H]4O)ccc2C1=O.O=CO. The fourth-order valence-corrected chi connectivity index (χ4v) is 4.58. The van der Waals surface area contributed by atoms with Crippen molar-refractivity contribution in [1.82, 2.24) is 9.80 Å². The van der Waals surface area contributed by atoms with Gasteiger partial charge in [0, 0.05) is 24.7 Å². The van der Waals surface area contributed by atoms with Crippen molar-refractivity contribution in [3.05, 3.63) is 53.1 Å². The highest BCUT2D eigenvalue weighted by atomic mass is 16.5. The van der Waals surface area contributed by atoms with Gasteiger partial charge in [-0.3, -0.25) is 14.5 Å². The molecule has 0 unspecified atom stereocenters. The van der Waals surface area contributed by atoms with Gasteiger partial charge in [-0.25, -0.2) is 0 Å². The Morgan fingerprint density at radius 1 is 1.10 bits per heavy atom. The second-order valence-corrected chi connectivity index (χ2v) is 7.96. The van der Waals surface area contributed by atoms with Crippen molar-refractivity contribution in [3.63, 3.8) is 0 Å². The van der Waals surface area contributed by atoms with Gasteiger partial charge >= 0.3 is 0 Å². The highest BCUT2D eigenvalue weighted by Gasteiger charge is 2.35. The van der Waals surface area contributed by atoms with E-state index in [0.717, 1.165) is 46.7 Å². The van der Waals surface area contributed by atoms with Crippen LogP contribution in [0, 0.1) is 0 Å². The molecule has 0 bridgehead atoms. The van der Waals surface area contributed by atoms with Crippen LogP contribution >= 0.6 is 0 Å². The first-order chi connectivity index (χ1) is 14.5. The van der Waals surface area contributed by atoms with E-state index >= 15 is 0 Å². The smallest absolute Gasteiger partial charge is 0.290 e. The van der Waals surface area contributed by atoms with Crippen LogP contribution in [-0.2, 0) is 11.3 Å².